The van der Waals surface area contributed by atoms with Crippen molar-refractivity contribution < 1.29 is 9.13 Å². The summed E-state index contributed by atoms with van der Waals surface area (Å²) in [4.78, 5) is 0. The van der Waals surface area contributed by atoms with Crippen LogP contribution in [0.2, 0.25) is 0 Å². The number of hydrogen-bond acceptors (Lipinski definition) is 3. The zero-order valence-corrected chi connectivity index (χ0v) is 11.3. The number of halogens is 1. The second kappa shape index (κ2) is 7.09. The SMILES string of the molecule is N#Cc1ccccc1OCc1ccc(F)c(C#CCN)c1. The summed E-state index contributed by atoms with van der Waals surface area (Å²) in [5.41, 5.74) is 6.80. The number of ether oxygens (including phenoxy) is 1. The van der Waals surface area contributed by atoms with Gasteiger partial charge in [0, 0.05) is 0 Å². The third-order valence-electron chi connectivity index (χ3n) is 2.76. The van der Waals surface area contributed by atoms with Crippen molar-refractivity contribution in [3.8, 4) is 23.7 Å². The zero-order chi connectivity index (χ0) is 15.1. The molecule has 2 rings (SSSR count). The van der Waals surface area contributed by atoms with Gasteiger partial charge in [-0.15, -0.1) is 0 Å². The minimum Gasteiger partial charge on any atom is -0.488 e. The first kappa shape index (κ1) is 14.6. The van der Waals surface area contributed by atoms with Crippen molar-refractivity contribution in [2.24, 2.45) is 5.73 Å². The minimum absolute atomic E-state index is 0.176. The molecule has 3 nitrogen and oxygen atoms in total. The van der Waals surface area contributed by atoms with Crippen LogP contribution in [0.1, 0.15) is 16.7 Å². The molecule has 0 atom stereocenters. The van der Waals surface area contributed by atoms with E-state index in [0.29, 0.717) is 11.3 Å². The molecule has 4 heteroatoms. The quantitative estimate of drug-likeness (QED) is 0.879. The zero-order valence-electron chi connectivity index (χ0n) is 11.3. The van der Waals surface area contributed by atoms with E-state index in [-0.39, 0.29) is 18.7 Å². The molecular formula is C17H13FN2O. The third-order valence-corrected chi connectivity index (χ3v) is 2.76. The summed E-state index contributed by atoms with van der Waals surface area (Å²) in [6, 6.07) is 13.6. The fourth-order valence-corrected chi connectivity index (χ4v) is 1.75. The van der Waals surface area contributed by atoms with Gasteiger partial charge in [0.25, 0.3) is 0 Å². The molecule has 0 aromatic heterocycles. The summed E-state index contributed by atoms with van der Waals surface area (Å²) in [6.45, 7) is 0.409. The smallest absolute Gasteiger partial charge is 0.138 e. The van der Waals surface area contributed by atoms with Gasteiger partial charge >= 0.3 is 0 Å². The lowest BCUT2D eigenvalue weighted by Crippen LogP contribution is -1.99. The molecule has 0 saturated carbocycles. The van der Waals surface area contributed by atoms with Crippen molar-refractivity contribution in [3.63, 3.8) is 0 Å². The van der Waals surface area contributed by atoms with Crippen molar-refractivity contribution in [2.45, 2.75) is 6.61 Å². The summed E-state index contributed by atoms with van der Waals surface area (Å²) in [6.07, 6.45) is 0. The van der Waals surface area contributed by atoms with Crippen molar-refractivity contribution in [1.29, 1.82) is 5.26 Å². The molecule has 0 amide bonds. The van der Waals surface area contributed by atoms with E-state index in [9.17, 15) is 4.39 Å². The van der Waals surface area contributed by atoms with Gasteiger partial charge in [0.05, 0.1) is 17.7 Å². The molecule has 21 heavy (non-hydrogen) atoms. The van der Waals surface area contributed by atoms with Crippen LogP contribution in [0.25, 0.3) is 0 Å². The molecule has 2 aromatic rings. The van der Waals surface area contributed by atoms with Crippen LogP contribution in [-0.2, 0) is 6.61 Å². The summed E-state index contributed by atoms with van der Waals surface area (Å²) in [5, 5.41) is 8.98. The highest BCUT2D eigenvalue weighted by Gasteiger charge is 2.05. The van der Waals surface area contributed by atoms with E-state index in [1.807, 2.05) is 0 Å². The monoisotopic (exact) mass is 280 g/mol. The molecule has 0 spiro atoms. The number of benzene rings is 2. The van der Waals surface area contributed by atoms with Crippen molar-refractivity contribution in [2.75, 3.05) is 6.54 Å². The Morgan fingerprint density at radius 2 is 1.95 bits per heavy atom. The van der Waals surface area contributed by atoms with Gasteiger partial charge in [-0.25, -0.2) is 4.39 Å². The van der Waals surface area contributed by atoms with Gasteiger partial charge in [-0.3, -0.25) is 0 Å². The summed E-state index contributed by atoms with van der Waals surface area (Å²) in [5.74, 6) is 5.40. The van der Waals surface area contributed by atoms with E-state index < -0.39 is 5.82 Å². The number of nitrogens with zero attached hydrogens (tertiary/aromatic N) is 1. The van der Waals surface area contributed by atoms with Gasteiger partial charge in [-0.1, -0.05) is 30.0 Å². The number of hydrogen-bond donors (Lipinski definition) is 1. The van der Waals surface area contributed by atoms with Crippen LogP contribution in [-0.4, -0.2) is 6.54 Å². The maximum atomic E-state index is 13.5. The molecule has 104 valence electrons. The lowest BCUT2D eigenvalue weighted by molar-refractivity contribution is 0.305. The normalized spacial score (nSPS) is 9.38. The second-order valence-electron chi connectivity index (χ2n) is 4.22. The molecule has 0 heterocycles. The van der Waals surface area contributed by atoms with Crippen LogP contribution in [0, 0.1) is 29.0 Å². The molecule has 2 aromatic carbocycles. The maximum Gasteiger partial charge on any atom is 0.138 e. The van der Waals surface area contributed by atoms with Crippen LogP contribution in [0.3, 0.4) is 0 Å². The lowest BCUT2D eigenvalue weighted by atomic mass is 10.1. The van der Waals surface area contributed by atoms with Crippen LogP contribution in [0.15, 0.2) is 42.5 Å². The largest absolute Gasteiger partial charge is 0.488 e. The topological polar surface area (TPSA) is 59.0 Å². The molecule has 0 aliphatic heterocycles. The third kappa shape index (κ3) is 3.82. The first-order valence-electron chi connectivity index (χ1n) is 6.34. The summed E-state index contributed by atoms with van der Waals surface area (Å²) in [7, 11) is 0. The standard InChI is InChI=1S/C17H13FN2O/c18-16-8-7-13(10-14(16)5-3-9-19)12-21-17-6-2-1-4-15(17)11-20/h1-2,4,6-8,10H,9,12,19H2. The van der Waals surface area contributed by atoms with Crippen LogP contribution in [0.5, 0.6) is 5.75 Å². The van der Waals surface area contributed by atoms with Gasteiger partial charge in [-0.2, -0.15) is 5.26 Å². The summed E-state index contributed by atoms with van der Waals surface area (Å²) < 4.78 is 19.1. The van der Waals surface area contributed by atoms with Crippen molar-refractivity contribution >= 4 is 0 Å². The van der Waals surface area contributed by atoms with Gasteiger partial charge in [0.15, 0.2) is 0 Å². The minimum atomic E-state index is -0.392. The number of nitriles is 1. The van der Waals surface area contributed by atoms with Gasteiger partial charge in [0.1, 0.15) is 24.2 Å². The second-order valence-corrected chi connectivity index (χ2v) is 4.22. The number of nitrogens with two attached hydrogens (primary N) is 1. The molecule has 2 N–H and O–H groups in total. The molecule has 0 aliphatic carbocycles. The van der Waals surface area contributed by atoms with E-state index in [2.05, 4.69) is 17.9 Å². The number of rotatable bonds is 3. The van der Waals surface area contributed by atoms with Crippen molar-refractivity contribution in [1.82, 2.24) is 0 Å². The Hall–Kier alpha value is -2.82. The molecule has 0 saturated heterocycles. The molecule has 0 aliphatic rings. The van der Waals surface area contributed by atoms with Gasteiger partial charge < -0.3 is 10.5 Å². The Bertz CT molecular complexity index is 738. The maximum absolute atomic E-state index is 13.5. The molecule has 0 radical (unpaired) electrons. The van der Waals surface area contributed by atoms with E-state index in [4.69, 9.17) is 15.7 Å². The van der Waals surface area contributed by atoms with Gasteiger partial charge in [0.2, 0.25) is 0 Å². The highest BCUT2D eigenvalue weighted by atomic mass is 19.1. The number of para-hydroxylation sites is 1. The average molecular weight is 280 g/mol. The highest BCUT2D eigenvalue weighted by Crippen LogP contribution is 2.19. The molecule has 0 unspecified atom stereocenters. The van der Waals surface area contributed by atoms with Crippen molar-refractivity contribution in [3.05, 3.63) is 65.0 Å². The molecule has 0 bridgehead atoms. The van der Waals surface area contributed by atoms with Crippen LogP contribution >= 0.6 is 0 Å². The highest BCUT2D eigenvalue weighted by molar-refractivity contribution is 5.43. The Balaban J connectivity index is 2.15. The Morgan fingerprint density at radius 1 is 1.14 bits per heavy atom. The first-order valence-corrected chi connectivity index (χ1v) is 6.34. The first-order chi connectivity index (χ1) is 10.2. The predicted molar refractivity (Wildman–Crippen MR) is 77.8 cm³/mol. The van der Waals surface area contributed by atoms with E-state index in [1.165, 1.54) is 6.07 Å². The summed E-state index contributed by atoms with van der Waals surface area (Å²) >= 11 is 0. The Morgan fingerprint density at radius 3 is 2.71 bits per heavy atom. The van der Waals surface area contributed by atoms with Gasteiger partial charge in [-0.05, 0) is 29.8 Å². The average Bonchev–Trinajstić information content (AvgIpc) is 2.53. The molecular weight excluding hydrogens is 267 g/mol. The fourth-order valence-electron chi connectivity index (χ4n) is 1.75. The Labute approximate surface area is 122 Å². The fraction of sp³-hybridized carbons (Fsp3) is 0.118. The Kier molecular flexibility index (Phi) is 4.93. The van der Waals surface area contributed by atoms with Crippen LogP contribution < -0.4 is 10.5 Å². The van der Waals surface area contributed by atoms with Crippen LogP contribution in [0.4, 0.5) is 4.39 Å². The molecule has 0 fully saturated rings. The lowest BCUT2D eigenvalue weighted by Gasteiger charge is -2.08. The van der Waals surface area contributed by atoms with E-state index in [1.54, 1.807) is 36.4 Å². The van der Waals surface area contributed by atoms with E-state index in [0.717, 1.165) is 5.56 Å². The predicted octanol–water partition coefficient (Wildman–Crippen LogP) is 2.59. The van der Waals surface area contributed by atoms with E-state index >= 15 is 0 Å².